The first-order chi connectivity index (χ1) is 15.6. The van der Waals surface area contributed by atoms with Crippen molar-refractivity contribution in [3.05, 3.63) is 65.5 Å². The second-order valence-corrected chi connectivity index (χ2v) is 7.51. The Kier molecular flexibility index (Phi) is 6.70. The molecule has 1 aliphatic rings. The number of urea groups is 1. The zero-order valence-corrected chi connectivity index (χ0v) is 17.8. The number of carbonyl (C=O) groups is 4. The zero-order chi connectivity index (χ0) is 24.3. The molecule has 5 amide bonds. The summed E-state index contributed by atoms with van der Waals surface area (Å²) < 4.78 is 40.7. The summed E-state index contributed by atoms with van der Waals surface area (Å²) in [6.45, 7) is 1.81. The fraction of sp³-hybridized carbons (Fsp3) is 0.273. The number of nitrogens with zero attached hydrogens (tertiary/aromatic N) is 2. The molecule has 0 spiro atoms. The summed E-state index contributed by atoms with van der Waals surface area (Å²) in [7, 11) is 0. The third-order valence-corrected chi connectivity index (χ3v) is 5.29. The molecule has 2 aromatic rings. The van der Waals surface area contributed by atoms with Crippen LogP contribution in [-0.4, -0.2) is 53.2 Å². The van der Waals surface area contributed by atoms with Gasteiger partial charge in [-0.25, -0.2) is 18.0 Å². The highest BCUT2D eigenvalue weighted by atomic mass is 19.1. The van der Waals surface area contributed by atoms with Crippen LogP contribution in [0.4, 0.5) is 23.7 Å². The molecule has 33 heavy (non-hydrogen) atoms. The summed E-state index contributed by atoms with van der Waals surface area (Å²) in [5.41, 5.74) is -1.81. The number of anilines is 1. The Morgan fingerprint density at radius 1 is 1.06 bits per heavy atom. The summed E-state index contributed by atoms with van der Waals surface area (Å²) in [4.78, 5) is 52.0. The number of rotatable bonds is 7. The summed E-state index contributed by atoms with van der Waals surface area (Å²) in [6.07, 6.45) is 0. The molecule has 1 unspecified atom stereocenters. The van der Waals surface area contributed by atoms with Crippen LogP contribution in [0.5, 0.6) is 0 Å². The molecule has 1 aliphatic heterocycles. The van der Waals surface area contributed by atoms with Crippen LogP contribution in [0.25, 0.3) is 0 Å². The average molecular weight is 462 g/mol. The monoisotopic (exact) mass is 462 g/mol. The predicted octanol–water partition coefficient (Wildman–Crippen LogP) is 2.36. The molecule has 2 N–H and O–H groups in total. The van der Waals surface area contributed by atoms with Crippen molar-refractivity contribution in [3.8, 4) is 0 Å². The summed E-state index contributed by atoms with van der Waals surface area (Å²) in [5.74, 6) is -4.77. The molecular weight excluding hydrogens is 441 g/mol. The first-order valence-electron chi connectivity index (χ1n) is 9.98. The van der Waals surface area contributed by atoms with Gasteiger partial charge in [-0.3, -0.25) is 19.3 Å². The molecule has 174 valence electrons. The minimum absolute atomic E-state index is 0.0326. The number of hydrogen-bond acceptors (Lipinski definition) is 4. The van der Waals surface area contributed by atoms with E-state index in [0.717, 1.165) is 35.2 Å². The Balaban J connectivity index is 1.68. The van der Waals surface area contributed by atoms with Crippen molar-refractivity contribution < 1.29 is 32.3 Å². The molecule has 2 aromatic carbocycles. The number of carbonyl (C=O) groups excluding carboxylic acids is 4. The second kappa shape index (κ2) is 9.31. The predicted molar refractivity (Wildman–Crippen MR) is 111 cm³/mol. The maximum absolute atomic E-state index is 13.7. The fourth-order valence-corrected chi connectivity index (χ4v) is 3.40. The lowest BCUT2D eigenvalue weighted by atomic mass is 9.92. The maximum atomic E-state index is 13.7. The van der Waals surface area contributed by atoms with Gasteiger partial charge in [-0.15, -0.1) is 0 Å². The quantitative estimate of drug-likeness (QED) is 0.618. The minimum Gasteiger partial charge on any atom is -0.332 e. The van der Waals surface area contributed by atoms with E-state index in [1.807, 2.05) is 0 Å². The van der Waals surface area contributed by atoms with Gasteiger partial charge in [0.1, 0.15) is 35.2 Å². The van der Waals surface area contributed by atoms with Crippen molar-refractivity contribution >= 4 is 29.4 Å². The molecule has 1 saturated heterocycles. The fourth-order valence-electron chi connectivity index (χ4n) is 3.40. The van der Waals surface area contributed by atoms with Crippen molar-refractivity contribution in [2.75, 3.05) is 25.0 Å². The van der Waals surface area contributed by atoms with Crippen molar-refractivity contribution in [2.24, 2.45) is 0 Å². The first-order valence-corrected chi connectivity index (χ1v) is 9.98. The smallest absolute Gasteiger partial charge is 0.325 e. The lowest BCUT2D eigenvalue weighted by Gasteiger charge is -2.24. The third kappa shape index (κ3) is 4.81. The summed E-state index contributed by atoms with van der Waals surface area (Å²) in [5, 5.41) is 4.57. The van der Waals surface area contributed by atoms with E-state index in [4.69, 9.17) is 0 Å². The van der Waals surface area contributed by atoms with Crippen LogP contribution < -0.4 is 10.6 Å². The van der Waals surface area contributed by atoms with Gasteiger partial charge in [-0.1, -0.05) is 18.2 Å². The lowest BCUT2D eigenvalue weighted by Crippen LogP contribution is -2.46. The maximum Gasteiger partial charge on any atom is 0.325 e. The van der Waals surface area contributed by atoms with E-state index in [1.165, 1.54) is 19.1 Å². The number of likely N-dealkylation sites (N-methyl/N-ethyl adjacent to an activating group) is 1. The molecule has 1 heterocycles. The Labute approximate surface area is 187 Å². The normalized spacial score (nSPS) is 17.7. The highest BCUT2D eigenvalue weighted by Gasteiger charge is 2.49. The van der Waals surface area contributed by atoms with E-state index in [2.05, 4.69) is 10.6 Å². The van der Waals surface area contributed by atoms with Crippen LogP contribution in [0.15, 0.2) is 42.5 Å². The topological polar surface area (TPSA) is 98.8 Å². The molecule has 0 aliphatic carbocycles. The van der Waals surface area contributed by atoms with Gasteiger partial charge in [0.05, 0.1) is 6.54 Å². The van der Waals surface area contributed by atoms with Crippen LogP contribution in [-0.2, 0) is 19.9 Å². The number of para-hydroxylation sites is 1. The molecule has 1 atom stereocenters. The number of hydrogen-bond donors (Lipinski definition) is 2. The van der Waals surface area contributed by atoms with Gasteiger partial charge in [0.15, 0.2) is 0 Å². The molecule has 3 rings (SSSR count). The number of benzene rings is 2. The van der Waals surface area contributed by atoms with E-state index >= 15 is 0 Å². The van der Waals surface area contributed by atoms with Crippen molar-refractivity contribution in [1.29, 1.82) is 0 Å². The summed E-state index contributed by atoms with van der Waals surface area (Å²) >= 11 is 0. The Bertz CT molecular complexity index is 1090. The molecule has 0 aromatic heterocycles. The van der Waals surface area contributed by atoms with Gasteiger partial charge < -0.3 is 15.5 Å². The van der Waals surface area contributed by atoms with E-state index < -0.39 is 65.5 Å². The van der Waals surface area contributed by atoms with Crippen LogP contribution in [0, 0.1) is 17.5 Å². The highest BCUT2D eigenvalue weighted by molar-refractivity contribution is 6.09. The van der Waals surface area contributed by atoms with E-state index in [1.54, 1.807) is 6.92 Å². The largest absolute Gasteiger partial charge is 0.332 e. The Morgan fingerprint density at radius 2 is 1.67 bits per heavy atom. The van der Waals surface area contributed by atoms with Crippen molar-refractivity contribution in [3.63, 3.8) is 0 Å². The molecular formula is C22H21F3N4O4. The summed E-state index contributed by atoms with van der Waals surface area (Å²) in [6, 6.07) is 7.24. The Morgan fingerprint density at radius 3 is 2.24 bits per heavy atom. The van der Waals surface area contributed by atoms with Gasteiger partial charge in [-0.05, 0) is 43.7 Å². The van der Waals surface area contributed by atoms with Gasteiger partial charge in [-0.2, -0.15) is 0 Å². The van der Waals surface area contributed by atoms with E-state index in [-0.39, 0.29) is 6.54 Å². The van der Waals surface area contributed by atoms with Crippen molar-refractivity contribution in [1.82, 2.24) is 15.1 Å². The van der Waals surface area contributed by atoms with Gasteiger partial charge in [0, 0.05) is 6.54 Å². The van der Waals surface area contributed by atoms with E-state index in [9.17, 15) is 32.3 Å². The number of halogens is 3. The molecule has 11 heteroatoms. The molecule has 0 radical (unpaired) electrons. The van der Waals surface area contributed by atoms with Crippen LogP contribution in [0.3, 0.4) is 0 Å². The highest BCUT2D eigenvalue weighted by Crippen LogP contribution is 2.29. The molecule has 0 bridgehead atoms. The minimum atomic E-state index is -1.50. The second-order valence-electron chi connectivity index (χ2n) is 7.51. The average Bonchev–Trinajstić information content (AvgIpc) is 2.98. The van der Waals surface area contributed by atoms with Gasteiger partial charge >= 0.3 is 6.03 Å². The number of nitrogens with one attached hydrogen (secondary N) is 2. The lowest BCUT2D eigenvalue weighted by molar-refractivity contribution is -0.140. The Hall–Kier alpha value is -3.89. The SMILES string of the molecule is CCN(CC(=O)Nc1c(F)cccc1F)C(=O)CN1C(=O)NC(C)(c2ccc(F)cc2)C1=O. The third-order valence-electron chi connectivity index (χ3n) is 5.29. The van der Waals surface area contributed by atoms with Crippen molar-refractivity contribution in [2.45, 2.75) is 19.4 Å². The number of imide groups is 1. The molecule has 0 saturated carbocycles. The first kappa shape index (κ1) is 23.8. The number of amides is 5. The standard InChI is InChI=1S/C22H21F3N4O4/c1-3-28(11-17(30)26-19-15(24)5-4-6-16(19)25)18(31)12-29-20(32)22(2,27-21(29)33)13-7-9-14(23)10-8-13/h4-10H,3,11-12H2,1-2H3,(H,26,30)(H,27,33). The molecule has 8 nitrogen and oxygen atoms in total. The van der Waals surface area contributed by atoms with Gasteiger partial charge in [0.25, 0.3) is 5.91 Å². The van der Waals surface area contributed by atoms with Crippen LogP contribution >= 0.6 is 0 Å². The zero-order valence-electron chi connectivity index (χ0n) is 17.8. The molecule has 1 fully saturated rings. The van der Waals surface area contributed by atoms with E-state index in [0.29, 0.717) is 10.5 Å². The van der Waals surface area contributed by atoms with Crippen LogP contribution in [0.1, 0.15) is 19.4 Å². The van der Waals surface area contributed by atoms with Gasteiger partial charge in [0.2, 0.25) is 11.8 Å². The van der Waals surface area contributed by atoms with Crippen LogP contribution in [0.2, 0.25) is 0 Å².